The number of ether oxygens (including phenoxy) is 2. The van der Waals surface area contributed by atoms with E-state index in [9.17, 15) is 9.59 Å². The lowest BCUT2D eigenvalue weighted by Crippen LogP contribution is -2.45. The van der Waals surface area contributed by atoms with Crippen LogP contribution in [0.5, 0.6) is 11.6 Å². The number of rotatable bonds is 4. The van der Waals surface area contributed by atoms with Crippen LogP contribution in [-0.2, 0) is 4.79 Å². The molecule has 1 aliphatic rings. The number of nitriles is 1. The Bertz CT molecular complexity index is 970. The van der Waals surface area contributed by atoms with Gasteiger partial charge in [-0.1, -0.05) is 5.57 Å². The second-order valence-electron chi connectivity index (χ2n) is 6.35. The number of methoxy groups -OCH3 is 2. The molecule has 1 unspecified atom stereocenters. The zero-order valence-electron chi connectivity index (χ0n) is 15.4. The Morgan fingerprint density at radius 3 is 2.81 bits per heavy atom. The summed E-state index contributed by atoms with van der Waals surface area (Å²) in [4.78, 5) is 34.4. The Balaban J connectivity index is 1.93. The van der Waals surface area contributed by atoms with Crippen LogP contribution < -0.4 is 9.47 Å². The van der Waals surface area contributed by atoms with Crippen LogP contribution >= 0.6 is 0 Å². The maximum absolute atomic E-state index is 12.9. The molecule has 8 heteroatoms. The molecule has 0 aliphatic carbocycles. The van der Waals surface area contributed by atoms with Gasteiger partial charge in [0.2, 0.25) is 5.88 Å². The fraction of sp³-hybridized carbons (Fsp3) is 0.368. The maximum Gasteiger partial charge on any atom is 0.295 e. The largest absolute Gasteiger partial charge is 0.494 e. The number of H-pyrrole nitrogens is 1. The van der Waals surface area contributed by atoms with Crippen molar-refractivity contribution < 1.29 is 19.1 Å². The lowest BCUT2D eigenvalue weighted by Gasteiger charge is -2.34. The summed E-state index contributed by atoms with van der Waals surface area (Å²) in [7, 11) is 2.95. The molecule has 3 heterocycles. The van der Waals surface area contributed by atoms with E-state index in [0.29, 0.717) is 41.9 Å². The number of fused-ring (bicyclic) bond motifs is 1. The Morgan fingerprint density at radius 2 is 2.19 bits per heavy atom. The first-order chi connectivity index (χ1) is 13.0. The van der Waals surface area contributed by atoms with Gasteiger partial charge in [0.1, 0.15) is 11.3 Å². The van der Waals surface area contributed by atoms with Gasteiger partial charge >= 0.3 is 0 Å². The molecule has 27 heavy (non-hydrogen) atoms. The van der Waals surface area contributed by atoms with Gasteiger partial charge in [0, 0.05) is 24.9 Å². The molecule has 3 rings (SSSR count). The molecule has 0 saturated carbocycles. The summed E-state index contributed by atoms with van der Waals surface area (Å²) < 4.78 is 10.5. The monoisotopic (exact) mass is 368 g/mol. The lowest BCUT2D eigenvalue weighted by molar-refractivity contribution is -0.128. The van der Waals surface area contributed by atoms with Crippen LogP contribution in [-0.4, -0.2) is 53.4 Å². The number of Topliss-reactive ketones (excluding diaryl/α,β-unsaturated/α-hetero) is 1. The molecular weight excluding hydrogens is 348 g/mol. The summed E-state index contributed by atoms with van der Waals surface area (Å²) >= 11 is 0. The molecule has 140 valence electrons. The van der Waals surface area contributed by atoms with Crippen molar-refractivity contribution in [1.82, 2.24) is 14.9 Å². The van der Waals surface area contributed by atoms with Crippen LogP contribution in [0.1, 0.15) is 30.1 Å². The van der Waals surface area contributed by atoms with Gasteiger partial charge in [0.15, 0.2) is 0 Å². The fourth-order valence-corrected chi connectivity index (χ4v) is 3.43. The van der Waals surface area contributed by atoms with E-state index in [1.165, 1.54) is 32.7 Å². The number of ketones is 1. The number of pyridine rings is 1. The van der Waals surface area contributed by atoms with Crippen molar-refractivity contribution in [2.45, 2.75) is 25.8 Å². The Hall–Kier alpha value is -3.34. The zero-order valence-corrected chi connectivity index (χ0v) is 15.4. The van der Waals surface area contributed by atoms with Crippen molar-refractivity contribution in [3.05, 3.63) is 29.6 Å². The topological polar surface area (TPSA) is 108 Å². The third-order valence-corrected chi connectivity index (χ3v) is 4.78. The minimum atomic E-state index is -0.618. The van der Waals surface area contributed by atoms with Gasteiger partial charge in [-0.2, -0.15) is 5.26 Å². The van der Waals surface area contributed by atoms with Crippen LogP contribution in [0, 0.1) is 11.3 Å². The number of allylic oxidation sites excluding steroid dienone is 1. The summed E-state index contributed by atoms with van der Waals surface area (Å²) in [5.74, 6) is -0.492. The molecule has 0 aromatic carbocycles. The molecule has 2 aromatic heterocycles. The van der Waals surface area contributed by atoms with Gasteiger partial charge in [-0.05, 0) is 19.8 Å². The minimum absolute atomic E-state index is 0.155. The Labute approximate surface area is 156 Å². The molecule has 2 aromatic rings. The van der Waals surface area contributed by atoms with Gasteiger partial charge < -0.3 is 19.4 Å². The van der Waals surface area contributed by atoms with Crippen LogP contribution in [0.2, 0.25) is 0 Å². The standard InChI is InChI=1S/C19H20N4O4/c1-11-8-12(4-6-20)5-7-23(11)19(25)17(24)13-9-21-16-15(13)14(26-2)10-22-18(16)27-3/h4,9-11,21H,5,7-8H2,1-3H3/b12-4+. The molecule has 1 N–H and O–H groups in total. The van der Waals surface area contributed by atoms with Gasteiger partial charge in [-0.15, -0.1) is 0 Å². The molecule has 1 saturated heterocycles. The summed E-state index contributed by atoms with van der Waals surface area (Å²) in [5, 5.41) is 9.26. The number of aromatic amines is 1. The summed E-state index contributed by atoms with van der Waals surface area (Å²) in [6.45, 7) is 2.28. The number of hydrogen-bond donors (Lipinski definition) is 1. The smallest absolute Gasteiger partial charge is 0.295 e. The number of aromatic nitrogens is 2. The van der Waals surface area contributed by atoms with Crippen LogP contribution in [0.15, 0.2) is 24.0 Å². The molecule has 1 atom stereocenters. The van der Waals surface area contributed by atoms with Crippen molar-refractivity contribution in [3.8, 4) is 17.7 Å². The van der Waals surface area contributed by atoms with E-state index < -0.39 is 11.7 Å². The van der Waals surface area contributed by atoms with Crippen molar-refractivity contribution in [1.29, 1.82) is 5.26 Å². The highest BCUT2D eigenvalue weighted by Crippen LogP contribution is 2.34. The molecule has 1 amide bonds. The molecule has 8 nitrogen and oxygen atoms in total. The van der Waals surface area contributed by atoms with Gasteiger partial charge in [0.25, 0.3) is 11.7 Å². The summed E-state index contributed by atoms with van der Waals surface area (Å²) in [6, 6.07) is 1.87. The third-order valence-electron chi connectivity index (χ3n) is 4.78. The summed E-state index contributed by atoms with van der Waals surface area (Å²) in [5.41, 5.74) is 1.71. The molecule has 1 aliphatic heterocycles. The van der Waals surface area contributed by atoms with Gasteiger partial charge in [0.05, 0.1) is 37.4 Å². The Morgan fingerprint density at radius 1 is 1.41 bits per heavy atom. The highest BCUT2D eigenvalue weighted by atomic mass is 16.5. The van der Waals surface area contributed by atoms with Gasteiger partial charge in [-0.3, -0.25) is 9.59 Å². The molecule has 0 spiro atoms. The quantitative estimate of drug-likeness (QED) is 0.504. The first-order valence-corrected chi connectivity index (χ1v) is 8.52. The van der Waals surface area contributed by atoms with E-state index in [2.05, 4.69) is 9.97 Å². The average Bonchev–Trinajstić information content (AvgIpc) is 3.12. The maximum atomic E-state index is 12.9. The number of piperidine rings is 1. The SMILES string of the molecule is COc1ncc(OC)c2c(C(=O)C(=O)N3CC/C(=C\C#N)CC3C)c[nH]c12. The third kappa shape index (κ3) is 3.24. The first kappa shape index (κ1) is 18.5. The number of hydrogen-bond acceptors (Lipinski definition) is 6. The van der Waals surface area contributed by atoms with Gasteiger partial charge in [-0.25, -0.2) is 4.98 Å². The fourth-order valence-electron chi connectivity index (χ4n) is 3.43. The lowest BCUT2D eigenvalue weighted by atomic mass is 9.96. The second kappa shape index (κ2) is 7.50. The second-order valence-corrected chi connectivity index (χ2v) is 6.35. The first-order valence-electron chi connectivity index (χ1n) is 8.52. The molecular formula is C19H20N4O4. The predicted molar refractivity (Wildman–Crippen MR) is 97.6 cm³/mol. The minimum Gasteiger partial charge on any atom is -0.494 e. The highest BCUT2D eigenvalue weighted by Gasteiger charge is 2.32. The van der Waals surface area contributed by atoms with Crippen molar-refractivity contribution >= 4 is 22.6 Å². The number of carbonyl (C=O) groups excluding carboxylic acids is 2. The van der Waals surface area contributed by atoms with E-state index in [0.717, 1.165) is 5.57 Å². The van der Waals surface area contributed by atoms with Crippen LogP contribution in [0.25, 0.3) is 10.9 Å². The zero-order chi connectivity index (χ0) is 19.6. The van der Waals surface area contributed by atoms with Crippen molar-refractivity contribution in [3.63, 3.8) is 0 Å². The average molecular weight is 368 g/mol. The molecule has 1 fully saturated rings. The number of nitrogens with zero attached hydrogens (tertiary/aromatic N) is 3. The molecule has 0 bridgehead atoms. The Kier molecular flexibility index (Phi) is 5.12. The number of carbonyl (C=O) groups is 2. The van der Waals surface area contributed by atoms with Crippen LogP contribution in [0.3, 0.4) is 0 Å². The van der Waals surface area contributed by atoms with E-state index in [1.54, 1.807) is 4.90 Å². The van der Waals surface area contributed by atoms with Crippen LogP contribution in [0.4, 0.5) is 0 Å². The van der Waals surface area contributed by atoms with E-state index in [-0.39, 0.29) is 11.6 Å². The van der Waals surface area contributed by atoms with Crippen molar-refractivity contribution in [2.24, 2.45) is 0 Å². The number of amides is 1. The highest BCUT2D eigenvalue weighted by molar-refractivity contribution is 6.45. The summed E-state index contributed by atoms with van der Waals surface area (Å²) in [6.07, 6.45) is 5.63. The predicted octanol–water partition coefficient (Wildman–Crippen LogP) is 2.22. The van der Waals surface area contributed by atoms with E-state index in [1.807, 2.05) is 13.0 Å². The number of nitrogens with one attached hydrogen (secondary N) is 1. The van der Waals surface area contributed by atoms with E-state index >= 15 is 0 Å². The number of likely N-dealkylation sites (tertiary alicyclic amines) is 1. The normalized spacial score (nSPS) is 18.4. The van der Waals surface area contributed by atoms with E-state index in [4.69, 9.17) is 14.7 Å². The van der Waals surface area contributed by atoms with Crippen molar-refractivity contribution in [2.75, 3.05) is 20.8 Å². The molecule has 0 radical (unpaired) electrons.